The van der Waals surface area contributed by atoms with Gasteiger partial charge in [-0.25, -0.2) is 4.98 Å². The molecule has 0 unspecified atom stereocenters. The Morgan fingerprint density at radius 2 is 2.17 bits per heavy atom. The maximum atomic E-state index is 12.2. The fourth-order valence-electron chi connectivity index (χ4n) is 2.02. The number of thiophene rings is 1. The van der Waals surface area contributed by atoms with Gasteiger partial charge in [0.2, 0.25) is 0 Å². The van der Waals surface area contributed by atoms with Crippen LogP contribution in [0.4, 0.5) is 0 Å². The molecular weight excluding hydrogens is 416 g/mol. The van der Waals surface area contributed by atoms with E-state index < -0.39 is 0 Å². The number of aryl methyl sites for hydroxylation is 1. The number of amides is 1. The summed E-state index contributed by atoms with van der Waals surface area (Å²) >= 11 is 12.7. The molecule has 0 fully saturated rings. The van der Waals surface area contributed by atoms with E-state index in [1.54, 1.807) is 40.9 Å². The fourth-order valence-corrected chi connectivity index (χ4v) is 4.18. The second-order valence-electron chi connectivity index (χ2n) is 4.82. The van der Waals surface area contributed by atoms with Gasteiger partial charge in [-0.1, -0.05) is 27.5 Å². The van der Waals surface area contributed by atoms with Gasteiger partial charge in [-0.05, 0) is 37.3 Å². The molecule has 0 radical (unpaired) electrons. The third-order valence-electron chi connectivity index (χ3n) is 3.13. The molecule has 0 aliphatic rings. The molecule has 3 rings (SSSR count). The first-order valence-corrected chi connectivity index (χ1v) is 9.64. The van der Waals surface area contributed by atoms with E-state index >= 15 is 0 Å². The lowest BCUT2D eigenvalue weighted by Crippen LogP contribution is -2.22. The Morgan fingerprint density at radius 3 is 2.91 bits per heavy atom. The summed E-state index contributed by atoms with van der Waals surface area (Å²) in [6.07, 6.45) is 0. The fraction of sp³-hybridized carbons (Fsp3) is 0.125. The zero-order chi connectivity index (χ0) is 16.4. The molecule has 0 saturated carbocycles. The molecule has 23 heavy (non-hydrogen) atoms. The molecule has 7 heteroatoms. The van der Waals surface area contributed by atoms with Crippen molar-refractivity contribution in [2.45, 2.75) is 13.5 Å². The van der Waals surface area contributed by atoms with Crippen LogP contribution in [-0.2, 0) is 6.54 Å². The third-order valence-corrected chi connectivity index (χ3v) is 5.83. The van der Waals surface area contributed by atoms with Crippen LogP contribution < -0.4 is 5.32 Å². The van der Waals surface area contributed by atoms with Gasteiger partial charge in [-0.2, -0.15) is 0 Å². The minimum absolute atomic E-state index is 0.184. The van der Waals surface area contributed by atoms with Crippen molar-refractivity contribution in [2.75, 3.05) is 0 Å². The Hall–Kier alpha value is -1.21. The van der Waals surface area contributed by atoms with Crippen molar-refractivity contribution in [3.8, 4) is 10.6 Å². The third kappa shape index (κ3) is 4.01. The van der Waals surface area contributed by atoms with E-state index in [0.29, 0.717) is 17.1 Å². The molecule has 0 bridgehead atoms. The monoisotopic (exact) mass is 426 g/mol. The van der Waals surface area contributed by atoms with Gasteiger partial charge in [0.05, 0.1) is 32.7 Å². The molecule has 0 saturated heterocycles. The zero-order valence-electron chi connectivity index (χ0n) is 12.1. The van der Waals surface area contributed by atoms with E-state index in [1.165, 1.54) is 0 Å². The Kier molecular flexibility index (Phi) is 5.16. The van der Waals surface area contributed by atoms with Crippen molar-refractivity contribution in [1.29, 1.82) is 0 Å². The number of aromatic nitrogens is 1. The molecular formula is C16H12BrClN2OS2. The number of nitrogens with zero attached hydrogens (tertiary/aromatic N) is 1. The average molecular weight is 428 g/mol. The zero-order valence-corrected chi connectivity index (χ0v) is 16.1. The van der Waals surface area contributed by atoms with Crippen molar-refractivity contribution >= 4 is 56.1 Å². The Morgan fingerprint density at radius 1 is 1.35 bits per heavy atom. The van der Waals surface area contributed by atoms with Crippen LogP contribution in [0.1, 0.15) is 20.2 Å². The summed E-state index contributed by atoms with van der Waals surface area (Å²) < 4.78 is 0.823. The van der Waals surface area contributed by atoms with Gasteiger partial charge in [0, 0.05) is 14.7 Å². The maximum Gasteiger partial charge on any atom is 0.253 e. The summed E-state index contributed by atoms with van der Waals surface area (Å²) in [7, 11) is 0. The minimum Gasteiger partial charge on any atom is -0.347 e. The molecule has 2 heterocycles. The van der Waals surface area contributed by atoms with Gasteiger partial charge >= 0.3 is 0 Å². The van der Waals surface area contributed by atoms with E-state index in [-0.39, 0.29) is 5.91 Å². The van der Waals surface area contributed by atoms with Crippen molar-refractivity contribution in [1.82, 2.24) is 10.3 Å². The first kappa shape index (κ1) is 16.6. The van der Waals surface area contributed by atoms with Crippen LogP contribution in [0.25, 0.3) is 10.6 Å². The number of halogens is 2. The van der Waals surface area contributed by atoms with Gasteiger partial charge in [0.1, 0.15) is 0 Å². The Bertz CT molecular complexity index is 859. The van der Waals surface area contributed by atoms with Gasteiger partial charge in [0.25, 0.3) is 5.91 Å². The molecule has 0 aliphatic heterocycles. The SMILES string of the molecule is Cc1nc(-c2ccc(CNC(=O)c3cc(Br)ccc3Cl)s2)cs1. The highest BCUT2D eigenvalue weighted by Gasteiger charge is 2.12. The van der Waals surface area contributed by atoms with Crippen LogP contribution in [0.2, 0.25) is 5.02 Å². The molecule has 1 N–H and O–H groups in total. The van der Waals surface area contributed by atoms with Gasteiger partial charge in [0.15, 0.2) is 0 Å². The minimum atomic E-state index is -0.184. The van der Waals surface area contributed by atoms with Crippen LogP contribution in [0.15, 0.2) is 40.2 Å². The standard InChI is InChI=1S/C16H12BrClN2OS2/c1-9-20-14(8-22-9)15-5-3-11(23-15)7-19-16(21)12-6-10(17)2-4-13(12)18/h2-6,8H,7H2,1H3,(H,19,21). The largest absolute Gasteiger partial charge is 0.347 e. The lowest BCUT2D eigenvalue weighted by Gasteiger charge is -2.06. The summed E-state index contributed by atoms with van der Waals surface area (Å²) in [6, 6.07) is 9.27. The van der Waals surface area contributed by atoms with Crippen molar-refractivity contribution < 1.29 is 4.79 Å². The summed E-state index contributed by atoms with van der Waals surface area (Å²) in [5, 5.41) is 6.44. The normalized spacial score (nSPS) is 10.7. The van der Waals surface area contributed by atoms with Gasteiger partial charge in [-0.3, -0.25) is 4.79 Å². The van der Waals surface area contributed by atoms with E-state index in [2.05, 4.69) is 26.2 Å². The smallest absolute Gasteiger partial charge is 0.253 e. The first-order valence-electron chi connectivity index (χ1n) is 6.77. The van der Waals surface area contributed by atoms with Crippen LogP contribution in [0.3, 0.4) is 0 Å². The number of benzene rings is 1. The predicted molar refractivity (Wildman–Crippen MR) is 100 cm³/mol. The van der Waals surface area contributed by atoms with E-state index in [4.69, 9.17) is 11.6 Å². The highest BCUT2D eigenvalue weighted by atomic mass is 79.9. The molecule has 3 aromatic rings. The quantitative estimate of drug-likeness (QED) is 0.595. The highest BCUT2D eigenvalue weighted by Crippen LogP contribution is 2.29. The maximum absolute atomic E-state index is 12.2. The number of thiazole rings is 1. The summed E-state index contributed by atoms with van der Waals surface area (Å²) in [4.78, 5) is 18.9. The van der Waals surface area contributed by atoms with Gasteiger partial charge in [-0.15, -0.1) is 22.7 Å². The molecule has 2 aromatic heterocycles. The van der Waals surface area contributed by atoms with E-state index in [1.807, 2.05) is 24.4 Å². The molecule has 0 atom stereocenters. The number of hydrogen-bond donors (Lipinski definition) is 1. The number of hydrogen-bond acceptors (Lipinski definition) is 4. The van der Waals surface area contributed by atoms with Crippen LogP contribution in [0.5, 0.6) is 0 Å². The van der Waals surface area contributed by atoms with Crippen LogP contribution in [0, 0.1) is 6.92 Å². The predicted octanol–water partition coefficient (Wildman–Crippen LogP) is 5.53. The summed E-state index contributed by atoms with van der Waals surface area (Å²) in [6.45, 7) is 2.46. The topological polar surface area (TPSA) is 42.0 Å². The number of carbonyl (C=O) groups excluding carboxylic acids is 1. The highest BCUT2D eigenvalue weighted by molar-refractivity contribution is 9.10. The van der Waals surface area contributed by atoms with Crippen LogP contribution >= 0.6 is 50.2 Å². The van der Waals surface area contributed by atoms with Crippen molar-refractivity contribution in [2.24, 2.45) is 0 Å². The number of nitrogens with one attached hydrogen (secondary N) is 1. The molecule has 118 valence electrons. The van der Waals surface area contributed by atoms with Crippen LogP contribution in [-0.4, -0.2) is 10.9 Å². The summed E-state index contributed by atoms with van der Waals surface area (Å²) in [5.41, 5.74) is 1.46. The average Bonchev–Trinajstić information content (AvgIpc) is 3.16. The lowest BCUT2D eigenvalue weighted by atomic mass is 10.2. The number of carbonyl (C=O) groups is 1. The summed E-state index contributed by atoms with van der Waals surface area (Å²) in [5.74, 6) is -0.184. The van der Waals surface area contributed by atoms with Gasteiger partial charge < -0.3 is 5.32 Å². The second kappa shape index (κ2) is 7.13. The first-order chi connectivity index (χ1) is 11.0. The second-order valence-corrected chi connectivity index (χ2v) is 8.38. The Balaban J connectivity index is 1.68. The molecule has 3 nitrogen and oxygen atoms in total. The number of rotatable bonds is 4. The molecule has 1 aromatic carbocycles. The van der Waals surface area contributed by atoms with E-state index in [0.717, 1.165) is 24.9 Å². The van der Waals surface area contributed by atoms with Crippen molar-refractivity contribution in [3.05, 3.63) is 60.7 Å². The Labute approximate surface area is 155 Å². The molecule has 0 aliphatic carbocycles. The molecule has 0 spiro atoms. The lowest BCUT2D eigenvalue weighted by molar-refractivity contribution is 0.0951. The van der Waals surface area contributed by atoms with E-state index in [9.17, 15) is 4.79 Å². The molecule has 1 amide bonds. The van der Waals surface area contributed by atoms with Crippen molar-refractivity contribution in [3.63, 3.8) is 0 Å².